The van der Waals surface area contributed by atoms with Crippen LogP contribution in [-0.2, 0) is 0 Å². The summed E-state index contributed by atoms with van der Waals surface area (Å²) >= 11 is 0. The van der Waals surface area contributed by atoms with Gasteiger partial charge in [-0.05, 0) is 47.5 Å². The third-order valence-electron chi connectivity index (χ3n) is 9.54. The van der Waals surface area contributed by atoms with Crippen LogP contribution in [0.4, 0.5) is 17.1 Å². The first-order valence-corrected chi connectivity index (χ1v) is 16.3. The van der Waals surface area contributed by atoms with Crippen LogP contribution in [0.15, 0.2) is 170 Å². The summed E-state index contributed by atoms with van der Waals surface area (Å²) in [4.78, 5) is 13.0. The SMILES string of the molecule is c1ccc(-c2nc(-n3c4ccccc4c4c5c(ccc43)-c3ccccc3-c3ccccc3N5c3ccccc3)nc3ccccc23)cc1. The largest absolute Gasteiger partial charge is 0.309 e. The van der Waals surface area contributed by atoms with E-state index in [2.05, 4.69) is 167 Å². The highest BCUT2D eigenvalue weighted by molar-refractivity contribution is 6.21. The van der Waals surface area contributed by atoms with Crippen molar-refractivity contribution in [1.82, 2.24) is 14.5 Å². The summed E-state index contributed by atoms with van der Waals surface area (Å²) in [7, 11) is 0. The maximum atomic E-state index is 5.33. The van der Waals surface area contributed by atoms with Crippen LogP contribution in [0.2, 0.25) is 0 Å². The van der Waals surface area contributed by atoms with Crippen LogP contribution in [0.3, 0.4) is 0 Å². The van der Waals surface area contributed by atoms with E-state index in [4.69, 9.17) is 9.97 Å². The molecule has 0 N–H and O–H groups in total. The molecule has 4 nitrogen and oxygen atoms in total. The molecule has 9 aromatic rings. The predicted octanol–water partition coefficient (Wildman–Crippen LogP) is 11.5. The molecule has 0 radical (unpaired) electrons. The van der Waals surface area contributed by atoms with Crippen molar-refractivity contribution in [3.05, 3.63) is 170 Å². The molecule has 10 rings (SSSR count). The smallest absolute Gasteiger partial charge is 0.235 e. The van der Waals surface area contributed by atoms with Gasteiger partial charge in [-0.25, -0.2) is 9.97 Å². The minimum Gasteiger partial charge on any atom is -0.309 e. The molecular formula is C44H28N4. The van der Waals surface area contributed by atoms with Crippen LogP contribution in [-0.4, -0.2) is 14.5 Å². The summed E-state index contributed by atoms with van der Waals surface area (Å²) in [6.07, 6.45) is 0. The van der Waals surface area contributed by atoms with Gasteiger partial charge in [0.1, 0.15) is 0 Å². The number of anilines is 3. The Bertz CT molecular complexity index is 2670. The fourth-order valence-corrected chi connectivity index (χ4v) is 7.50. The summed E-state index contributed by atoms with van der Waals surface area (Å²) in [5.74, 6) is 0.652. The molecule has 0 saturated heterocycles. The summed E-state index contributed by atoms with van der Waals surface area (Å²) in [6, 6.07) is 60.2. The van der Waals surface area contributed by atoms with Crippen LogP contribution >= 0.6 is 0 Å². The predicted molar refractivity (Wildman–Crippen MR) is 198 cm³/mol. The third-order valence-corrected chi connectivity index (χ3v) is 9.54. The molecule has 224 valence electrons. The minimum absolute atomic E-state index is 0.652. The van der Waals surface area contributed by atoms with Crippen molar-refractivity contribution in [2.75, 3.05) is 4.90 Å². The number of hydrogen-bond donors (Lipinski definition) is 0. The normalized spacial score (nSPS) is 12.1. The maximum absolute atomic E-state index is 5.33. The van der Waals surface area contributed by atoms with Gasteiger partial charge in [-0.1, -0.05) is 133 Å². The van der Waals surface area contributed by atoms with E-state index in [-0.39, 0.29) is 0 Å². The van der Waals surface area contributed by atoms with Crippen molar-refractivity contribution in [3.8, 4) is 39.5 Å². The van der Waals surface area contributed by atoms with Crippen molar-refractivity contribution in [2.24, 2.45) is 0 Å². The Kier molecular flexibility index (Phi) is 5.84. The molecule has 0 fully saturated rings. The van der Waals surface area contributed by atoms with E-state index >= 15 is 0 Å². The zero-order chi connectivity index (χ0) is 31.6. The van der Waals surface area contributed by atoms with Gasteiger partial charge in [-0.15, -0.1) is 0 Å². The molecular weight excluding hydrogens is 585 g/mol. The molecule has 7 aromatic carbocycles. The van der Waals surface area contributed by atoms with Crippen molar-refractivity contribution in [1.29, 1.82) is 0 Å². The zero-order valence-corrected chi connectivity index (χ0v) is 26.0. The van der Waals surface area contributed by atoms with E-state index in [1.807, 2.05) is 12.1 Å². The van der Waals surface area contributed by atoms with Crippen molar-refractivity contribution in [2.45, 2.75) is 0 Å². The van der Waals surface area contributed by atoms with E-state index in [1.54, 1.807) is 0 Å². The summed E-state index contributed by atoms with van der Waals surface area (Å²) in [6.45, 7) is 0. The van der Waals surface area contributed by atoms with E-state index in [9.17, 15) is 0 Å². The van der Waals surface area contributed by atoms with Crippen LogP contribution in [0.25, 0.3) is 72.2 Å². The number of rotatable bonds is 3. The van der Waals surface area contributed by atoms with Crippen molar-refractivity contribution < 1.29 is 0 Å². The van der Waals surface area contributed by atoms with Gasteiger partial charge in [0.15, 0.2) is 0 Å². The third kappa shape index (κ3) is 3.90. The number of benzene rings is 7. The zero-order valence-electron chi connectivity index (χ0n) is 26.0. The van der Waals surface area contributed by atoms with Crippen LogP contribution in [0, 0.1) is 0 Å². The summed E-state index contributed by atoms with van der Waals surface area (Å²) < 4.78 is 2.25. The topological polar surface area (TPSA) is 34.0 Å². The average molecular weight is 613 g/mol. The summed E-state index contributed by atoms with van der Waals surface area (Å²) in [5, 5.41) is 3.35. The molecule has 3 heterocycles. The first-order valence-electron chi connectivity index (χ1n) is 16.3. The lowest BCUT2D eigenvalue weighted by Gasteiger charge is -2.28. The molecule has 0 bridgehead atoms. The highest BCUT2D eigenvalue weighted by Crippen LogP contribution is 2.54. The van der Waals surface area contributed by atoms with Crippen LogP contribution in [0.5, 0.6) is 0 Å². The van der Waals surface area contributed by atoms with E-state index < -0.39 is 0 Å². The lowest BCUT2D eigenvalue weighted by Crippen LogP contribution is -2.11. The van der Waals surface area contributed by atoms with Gasteiger partial charge in [-0.3, -0.25) is 4.57 Å². The molecule has 2 aromatic heterocycles. The molecule has 4 heteroatoms. The first-order chi connectivity index (χ1) is 23.8. The van der Waals surface area contributed by atoms with Crippen molar-refractivity contribution >= 4 is 49.8 Å². The highest BCUT2D eigenvalue weighted by atomic mass is 15.2. The fraction of sp³-hybridized carbons (Fsp3) is 0. The Labute approximate surface area is 277 Å². The lowest BCUT2D eigenvalue weighted by atomic mass is 9.93. The van der Waals surface area contributed by atoms with Crippen molar-refractivity contribution in [3.63, 3.8) is 0 Å². The Morgan fingerprint density at radius 3 is 1.85 bits per heavy atom. The van der Waals surface area contributed by atoms with Gasteiger partial charge in [0, 0.05) is 38.5 Å². The van der Waals surface area contributed by atoms with Crippen LogP contribution in [0.1, 0.15) is 0 Å². The second kappa shape index (κ2) is 10.5. The monoisotopic (exact) mass is 612 g/mol. The Morgan fingerprint density at radius 1 is 0.417 bits per heavy atom. The Hall–Kier alpha value is -6.52. The van der Waals surface area contributed by atoms with Gasteiger partial charge in [0.05, 0.1) is 33.6 Å². The average Bonchev–Trinajstić information content (AvgIpc) is 3.44. The standard InChI is InChI=1S/C44H28N4/c1-3-15-29(16-4-1)42-35-22-9-12-24-37(35)45-44(46-42)48-39-26-14-11-23-36(39)41-40(48)28-27-34-32-20-8-7-19-31(32)33-21-10-13-25-38(33)47(43(34)41)30-17-5-2-6-18-30/h1-28H. The second-order valence-corrected chi connectivity index (χ2v) is 12.2. The number of aromatic nitrogens is 3. The minimum atomic E-state index is 0.652. The Balaban J connectivity index is 1.37. The molecule has 0 saturated carbocycles. The maximum Gasteiger partial charge on any atom is 0.235 e. The highest BCUT2D eigenvalue weighted by Gasteiger charge is 2.30. The molecule has 1 aliphatic rings. The van der Waals surface area contributed by atoms with Gasteiger partial charge >= 0.3 is 0 Å². The lowest BCUT2D eigenvalue weighted by molar-refractivity contribution is 1.01. The number of hydrogen-bond acceptors (Lipinski definition) is 3. The fourth-order valence-electron chi connectivity index (χ4n) is 7.50. The molecule has 1 aliphatic heterocycles. The molecule has 0 atom stereocenters. The van der Waals surface area contributed by atoms with E-state index in [0.717, 1.165) is 61.0 Å². The van der Waals surface area contributed by atoms with Gasteiger partial charge in [0.25, 0.3) is 0 Å². The number of para-hydroxylation sites is 4. The second-order valence-electron chi connectivity index (χ2n) is 12.2. The quantitative estimate of drug-likeness (QED) is 0.199. The summed E-state index contributed by atoms with van der Waals surface area (Å²) in [5.41, 5.74) is 13.2. The van der Waals surface area contributed by atoms with Gasteiger partial charge in [0.2, 0.25) is 5.95 Å². The molecule has 0 amide bonds. The molecule has 48 heavy (non-hydrogen) atoms. The molecule has 0 spiro atoms. The first kappa shape index (κ1) is 26.7. The van der Waals surface area contributed by atoms with E-state index in [0.29, 0.717) is 5.95 Å². The van der Waals surface area contributed by atoms with E-state index in [1.165, 1.54) is 22.3 Å². The molecule has 0 aliphatic carbocycles. The number of fused-ring (bicyclic) bond motifs is 10. The number of nitrogens with zero attached hydrogens (tertiary/aromatic N) is 4. The van der Waals surface area contributed by atoms with Gasteiger partial charge in [-0.2, -0.15) is 0 Å². The molecule has 0 unspecified atom stereocenters. The Morgan fingerprint density at radius 2 is 1.04 bits per heavy atom. The van der Waals surface area contributed by atoms with Gasteiger partial charge < -0.3 is 4.90 Å². The van der Waals surface area contributed by atoms with Crippen LogP contribution < -0.4 is 4.90 Å².